The highest BCUT2D eigenvalue weighted by Gasteiger charge is 2.18. The first-order valence-electron chi connectivity index (χ1n) is 8.13. The Balaban J connectivity index is 2.01. The van der Waals surface area contributed by atoms with Gasteiger partial charge in [0.05, 0.1) is 18.9 Å². The molecule has 2 N–H and O–H groups in total. The highest BCUT2D eigenvalue weighted by Crippen LogP contribution is 2.30. The third kappa shape index (κ3) is 4.91. The average Bonchev–Trinajstić information content (AvgIpc) is 2.51. The summed E-state index contributed by atoms with van der Waals surface area (Å²) in [5, 5.41) is 6.29. The van der Waals surface area contributed by atoms with E-state index in [9.17, 15) is 4.79 Å². The van der Waals surface area contributed by atoms with Crippen molar-refractivity contribution in [2.75, 3.05) is 31.6 Å². The summed E-state index contributed by atoms with van der Waals surface area (Å²) >= 11 is 0. The quantitative estimate of drug-likeness (QED) is 0.813. The van der Waals surface area contributed by atoms with Crippen molar-refractivity contribution in [3.05, 3.63) is 18.2 Å². The van der Waals surface area contributed by atoms with Gasteiger partial charge in [0, 0.05) is 12.5 Å². The number of anilines is 1. The van der Waals surface area contributed by atoms with Gasteiger partial charge in [-0.25, -0.2) is 0 Å². The average molecular weight is 306 g/mol. The summed E-state index contributed by atoms with van der Waals surface area (Å²) in [6.07, 6.45) is 2.68. The highest BCUT2D eigenvalue weighted by atomic mass is 16.5. The van der Waals surface area contributed by atoms with Crippen molar-refractivity contribution in [1.82, 2.24) is 5.32 Å². The van der Waals surface area contributed by atoms with Crippen LogP contribution in [0.5, 0.6) is 11.5 Å². The third-order valence-electron chi connectivity index (χ3n) is 3.77. The van der Waals surface area contributed by atoms with Crippen molar-refractivity contribution in [2.24, 2.45) is 5.92 Å². The van der Waals surface area contributed by atoms with Gasteiger partial charge in [-0.15, -0.1) is 0 Å². The van der Waals surface area contributed by atoms with Crippen LogP contribution in [0.2, 0.25) is 0 Å². The van der Waals surface area contributed by atoms with Crippen LogP contribution in [0.3, 0.4) is 0 Å². The van der Waals surface area contributed by atoms with Crippen molar-refractivity contribution in [1.29, 1.82) is 0 Å². The zero-order chi connectivity index (χ0) is 15.8. The van der Waals surface area contributed by atoms with Crippen LogP contribution in [0.1, 0.15) is 33.1 Å². The number of piperidine rings is 1. The molecular formula is C17H26N2O3. The van der Waals surface area contributed by atoms with Crippen LogP contribution in [-0.2, 0) is 4.79 Å². The number of rotatable bonds is 7. The molecule has 0 atom stereocenters. The van der Waals surface area contributed by atoms with Gasteiger partial charge in [0.2, 0.25) is 5.91 Å². The van der Waals surface area contributed by atoms with E-state index in [1.807, 2.05) is 32.0 Å². The Bertz CT molecular complexity index is 485. The van der Waals surface area contributed by atoms with Crippen molar-refractivity contribution in [3.8, 4) is 11.5 Å². The summed E-state index contributed by atoms with van der Waals surface area (Å²) in [7, 11) is 0. The van der Waals surface area contributed by atoms with E-state index in [0.717, 1.165) is 31.7 Å². The number of benzene rings is 1. The number of nitrogens with one attached hydrogen (secondary N) is 2. The van der Waals surface area contributed by atoms with Gasteiger partial charge in [0.15, 0.2) is 0 Å². The molecule has 22 heavy (non-hydrogen) atoms. The predicted octanol–water partition coefficient (Wildman–Crippen LogP) is 2.81. The Kier molecular flexibility index (Phi) is 6.52. The Labute approximate surface area is 132 Å². The fraction of sp³-hybridized carbons (Fsp3) is 0.588. The largest absolute Gasteiger partial charge is 0.494 e. The van der Waals surface area contributed by atoms with E-state index in [4.69, 9.17) is 9.47 Å². The minimum absolute atomic E-state index is 0.0431. The maximum atomic E-state index is 12.3. The predicted molar refractivity (Wildman–Crippen MR) is 87.6 cm³/mol. The summed E-state index contributed by atoms with van der Waals surface area (Å²) in [6, 6.07) is 5.53. The van der Waals surface area contributed by atoms with E-state index < -0.39 is 0 Å². The Morgan fingerprint density at radius 3 is 2.64 bits per heavy atom. The minimum Gasteiger partial charge on any atom is -0.494 e. The van der Waals surface area contributed by atoms with E-state index in [2.05, 4.69) is 10.6 Å². The third-order valence-corrected chi connectivity index (χ3v) is 3.77. The second-order valence-electron chi connectivity index (χ2n) is 5.47. The van der Waals surface area contributed by atoms with E-state index in [1.54, 1.807) is 0 Å². The van der Waals surface area contributed by atoms with Gasteiger partial charge in [-0.2, -0.15) is 0 Å². The molecule has 122 valence electrons. The zero-order valence-corrected chi connectivity index (χ0v) is 13.5. The van der Waals surface area contributed by atoms with Gasteiger partial charge >= 0.3 is 0 Å². The first-order valence-corrected chi connectivity index (χ1v) is 8.13. The smallest absolute Gasteiger partial charge is 0.224 e. The monoisotopic (exact) mass is 306 g/mol. The van der Waals surface area contributed by atoms with Gasteiger partial charge in [-0.05, 0) is 57.8 Å². The standard InChI is InChI=1S/C17H26N2O3/c1-3-21-14-5-6-16(22-4-2)15(12-14)19-17(20)11-13-7-9-18-10-8-13/h5-6,12-13,18H,3-4,7-11H2,1-2H3,(H,19,20). The second-order valence-corrected chi connectivity index (χ2v) is 5.47. The molecule has 5 heteroatoms. The van der Waals surface area contributed by atoms with Crippen LogP contribution in [0.4, 0.5) is 5.69 Å². The summed E-state index contributed by atoms with van der Waals surface area (Å²) in [5.41, 5.74) is 0.687. The van der Waals surface area contributed by atoms with E-state index >= 15 is 0 Å². The highest BCUT2D eigenvalue weighted by molar-refractivity contribution is 5.92. The number of carbonyl (C=O) groups excluding carboxylic acids is 1. The molecule has 0 radical (unpaired) electrons. The summed E-state index contributed by atoms with van der Waals surface area (Å²) in [6.45, 7) is 7.02. The van der Waals surface area contributed by atoms with Crippen LogP contribution in [0.15, 0.2) is 18.2 Å². The Hall–Kier alpha value is -1.75. The molecule has 0 spiro atoms. The lowest BCUT2D eigenvalue weighted by Crippen LogP contribution is -2.30. The molecule has 0 saturated carbocycles. The maximum Gasteiger partial charge on any atom is 0.224 e. The molecule has 1 aromatic carbocycles. The molecule has 0 aliphatic carbocycles. The molecule has 1 saturated heterocycles. The van der Waals surface area contributed by atoms with E-state index in [1.165, 1.54) is 0 Å². The topological polar surface area (TPSA) is 59.6 Å². The van der Waals surface area contributed by atoms with Crippen LogP contribution < -0.4 is 20.1 Å². The summed E-state index contributed by atoms with van der Waals surface area (Å²) in [5.74, 6) is 1.93. The maximum absolute atomic E-state index is 12.3. The number of hydrogen-bond acceptors (Lipinski definition) is 4. The van der Waals surface area contributed by atoms with Gasteiger partial charge < -0.3 is 20.1 Å². The summed E-state index contributed by atoms with van der Waals surface area (Å²) < 4.78 is 11.1. The fourth-order valence-corrected chi connectivity index (χ4v) is 2.69. The van der Waals surface area contributed by atoms with Gasteiger partial charge in [-0.3, -0.25) is 4.79 Å². The van der Waals surface area contributed by atoms with Crippen LogP contribution in [0, 0.1) is 5.92 Å². The number of carbonyl (C=O) groups is 1. The molecule has 1 fully saturated rings. The molecule has 0 aromatic heterocycles. The van der Waals surface area contributed by atoms with Crippen molar-refractivity contribution < 1.29 is 14.3 Å². The SMILES string of the molecule is CCOc1ccc(OCC)c(NC(=O)CC2CCNCC2)c1. The number of ether oxygens (including phenoxy) is 2. The first-order chi connectivity index (χ1) is 10.7. The lowest BCUT2D eigenvalue weighted by atomic mass is 9.94. The number of amides is 1. The molecular weight excluding hydrogens is 280 g/mol. The van der Waals surface area contributed by atoms with E-state index in [0.29, 0.717) is 37.0 Å². The van der Waals surface area contributed by atoms with Crippen molar-refractivity contribution in [2.45, 2.75) is 33.1 Å². The van der Waals surface area contributed by atoms with Gasteiger partial charge in [0.25, 0.3) is 0 Å². The zero-order valence-electron chi connectivity index (χ0n) is 13.5. The molecule has 1 amide bonds. The fourth-order valence-electron chi connectivity index (χ4n) is 2.69. The lowest BCUT2D eigenvalue weighted by Gasteiger charge is -2.22. The Morgan fingerprint density at radius 1 is 1.23 bits per heavy atom. The second kappa shape index (κ2) is 8.63. The normalized spacial score (nSPS) is 15.4. The molecule has 2 rings (SSSR count). The summed E-state index contributed by atoms with van der Waals surface area (Å²) in [4.78, 5) is 12.3. The lowest BCUT2D eigenvalue weighted by molar-refractivity contribution is -0.117. The van der Waals surface area contributed by atoms with E-state index in [-0.39, 0.29) is 5.91 Å². The van der Waals surface area contributed by atoms with Crippen LogP contribution in [0.25, 0.3) is 0 Å². The van der Waals surface area contributed by atoms with Crippen molar-refractivity contribution >= 4 is 11.6 Å². The van der Waals surface area contributed by atoms with Crippen LogP contribution in [-0.4, -0.2) is 32.2 Å². The molecule has 1 aromatic rings. The van der Waals surface area contributed by atoms with Crippen molar-refractivity contribution in [3.63, 3.8) is 0 Å². The molecule has 1 aliphatic heterocycles. The Morgan fingerprint density at radius 2 is 1.95 bits per heavy atom. The van der Waals surface area contributed by atoms with Crippen LogP contribution >= 0.6 is 0 Å². The van der Waals surface area contributed by atoms with Gasteiger partial charge in [0.1, 0.15) is 11.5 Å². The molecule has 0 unspecified atom stereocenters. The first kappa shape index (κ1) is 16.6. The molecule has 5 nitrogen and oxygen atoms in total. The molecule has 1 aliphatic rings. The minimum atomic E-state index is 0.0431. The van der Waals surface area contributed by atoms with Gasteiger partial charge in [-0.1, -0.05) is 0 Å². The molecule has 0 bridgehead atoms. The number of hydrogen-bond donors (Lipinski definition) is 2. The molecule has 1 heterocycles.